The summed E-state index contributed by atoms with van der Waals surface area (Å²) in [6, 6.07) is 8.07. The second-order valence-corrected chi connectivity index (χ2v) is 18.6. The second-order valence-electron chi connectivity index (χ2n) is 18.6. The molecule has 8 nitrogen and oxygen atoms in total. The van der Waals surface area contributed by atoms with Gasteiger partial charge in [-0.3, -0.25) is 14.4 Å². The van der Waals surface area contributed by atoms with Crippen molar-refractivity contribution < 1.29 is 39.9 Å². The Balaban J connectivity index is 1.53. The van der Waals surface area contributed by atoms with E-state index in [9.17, 15) is 39.9 Å². The molecule has 2 unspecified atom stereocenters. The number of aryl methyl sites for hydroxylation is 2. The largest absolute Gasteiger partial charge is 0.511 e. The van der Waals surface area contributed by atoms with Gasteiger partial charge in [0.1, 0.15) is 22.8 Å². The molecule has 314 valence electrons. The molecule has 0 spiro atoms. The highest BCUT2D eigenvalue weighted by Gasteiger charge is 2.76. The number of aromatic hydroxyl groups is 1. The molecule has 1 fully saturated rings. The molecule has 6 atom stereocenters. The Morgan fingerprint density at radius 3 is 2.07 bits per heavy atom. The van der Waals surface area contributed by atoms with E-state index in [2.05, 4.69) is 32.1 Å². The third-order valence-electron chi connectivity index (χ3n) is 14.8. The number of carbonyl (C=O) groups is 3. The zero-order valence-electron chi connectivity index (χ0n) is 36.0. The van der Waals surface area contributed by atoms with Crippen LogP contribution in [0.2, 0.25) is 0 Å². The van der Waals surface area contributed by atoms with Crippen LogP contribution in [0.3, 0.4) is 0 Å². The van der Waals surface area contributed by atoms with Gasteiger partial charge in [-0.15, -0.1) is 0 Å². The van der Waals surface area contributed by atoms with Crippen LogP contribution < -0.4 is 0 Å². The summed E-state index contributed by atoms with van der Waals surface area (Å²) in [5.74, 6) is -6.56. The summed E-state index contributed by atoms with van der Waals surface area (Å²) in [5, 5.41) is 60.4. The first-order valence-corrected chi connectivity index (χ1v) is 22.0. The minimum absolute atomic E-state index is 0.0713. The van der Waals surface area contributed by atoms with Crippen molar-refractivity contribution in [2.75, 3.05) is 0 Å². The van der Waals surface area contributed by atoms with Gasteiger partial charge in [-0.2, -0.15) is 0 Å². The monoisotopic (exact) mass is 794 g/mol. The Kier molecular flexibility index (Phi) is 12.4. The zero-order chi connectivity index (χ0) is 42.5. The quantitative estimate of drug-likeness (QED) is 0.0763. The molecule has 4 aliphatic carbocycles. The van der Waals surface area contributed by atoms with Crippen LogP contribution in [-0.4, -0.2) is 54.6 Å². The molecular weight excluding hydrogens is 729 g/mol. The molecule has 0 aliphatic heterocycles. The number of fused-ring (bicyclic) bond motifs is 3. The minimum Gasteiger partial charge on any atom is -0.511 e. The molecule has 4 aliphatic rings. The van der Waals surface area contributed by atoms with Crippen LogP contribution in [0.1, 0.15) is 182 Å². The molecule has 58 heavy (non-hydrogen) atoms. The predicted octanol–water partition coefficient (Wildman–Crippen LogP) is 10.6. The summed E-state index contributed by atoms with van der Waals surface area (Å²) in [4.78, 5) is 41.8. The summed E-state index contributed by atoms with van der Waals surface area (Å²) in [6.07, 6.45) is 17.4. The first kappa shape index (κ1) is 43.6. The molecule has 0 saturated heterocycles. The number of phenolic OH excluding ortho intramolecular Hbond substituents is 1. The maximum Gasteiger partial charge on any atom is 0.209 e. The number of Topliss-reactive ketones (excluding diaryl/α,β-unsaturated/α-hetero) is 3. The topological polar surface area (TPSA) is 152 Å². The number of aliphatic hydroxyl groups is 4. The fourth-order valence-corrected chi connectivity index (χ4v) is 11.6. The highest BCUT2D eigenvalue weighted by molar-refractivity contribution is 6.25. The molecule has 2 aromatic rings. The van der Waals surface area contributed by atoms with E-state index in [0.717, 1.165) is 57.4 Å². The summed E-state index contributed by atoms with van der Waals surface area (Å²) in [5.41, 5.74) is -1.12. The van der Waals surface area contributed by atoms with Crippen LogP contribution in [0.5, 0.6) is 5.75 Å². The maximum absolute atomic E-state index is 14.8. The molecule has 5 N–H and O–H groups in total. The van der Waals surface area contributed by atoms with Gasteiger partial charge in [-0.25, -0.2) is 0 Å². The van der Waals surface area contributed by atoms with E-state index >= 15 is 0 Å². The van der Waals surface area contributed by atoms with Crippen molar-refractivity contribution >= 4 is 29.5 Å². The van der Waals surface area contributed by atoms with E-state index in [1.54, 1.807) is 26.8 Å². The zero-order valence-corrected chi connectivity index (χ0v) is 36.0. The number of unbranched alkanes of at least 4 members (excludes halogenated alkanes) is 4. The molecule has 0 bridgehead atoms. The number of aliphatic hydroxyl groups excluding tert-OH is 3. The molecular formula is C50H66O8. The lowest BCUT2D eigenvalue weighted by molar-refractivity contribution is -0.211. The van der Waals surface area contributed by atoms with Crippen molar-refractivity contribution in [2.45, 2.75) is 162 Å². The van der Waals surface area contributed by atoms with Gasteiger partial charge < -0.3 is 25.5 Å². The summed E-state index contributed by atoms with van der Waals surface area (Å²) < 4.78 is 0. The standard InChI is InChI=1S/C50H66O8/c1-9-11-14-20-33-27-36(31-18-16-13-17-19-31)35(21-15-12-10-2)26-34(33)23-22-32-24-25-37(52)40-38(32)29(5)48(7)42(44(40)54)46(56)50(58)45(55)39(30(6)51)43(53)41(28(3)4)49(50,8)47(48)57/h22-29,31,41,47,52-53,56-58H,9-21H2,1-8H3/t29?,41?,47-,48+,49+,50+/m1/s1. The first-order chi connectivity index (χ1) is 27.4. The lowest BCUT2D eigenvalue weighted by atomic mass is 9.41. The first-order valence-electron chi connectivity index (χ1n) is 22.0. The van der Waals surface area contributed by atoms with Gasteiger partial charge in [0, 0.05) is 16.7 Å². The Labute approximate surface area is 345 Å². The molecule has 0 amide bonds. The second kappa shape index (κ2) is 16.6. The Hall–Kier alpha value is -4.01. The molecule has 0 radical (unpaired) electrons. The van der Waals surface area contributed by atoms with E-state index in [1.807, 2.05) is 13.0 Å². The average Bonchev–Trinajstić information content (AvgIpc) is 3.18. The number of allylic oxidation sites excluding steroid dienone is 1. The predicted molar refractivity (Wildman–Crippen MR) is 229 cm³/mol. The van der Waals surface area contributed by atoms with Crippen molar-refractivity contribution in [1.29, 1.82) is 0 Å². The number of rotatable bonds is 13. The fraction of sp³-hybridized carbons (Fsp3) is 0.580. The van der Waals surface area contributed by atoms with Gasteiger partial charge in [-0.1, -0.05) is 124 Å². The lowest BCUT2D eigenvalue weighted by Crippen LogP contribution is -2.73. The van der Waals surface area contributed by atoms with Gasteiger partial charge in [0.05, 0.1) is 17.2 Å². The lowest BCUT2D eigenvalue weighted by Gasteiger charge is -2.63. The highest BCUT2D eigenvalue weighted by atomic mass is 16.4. The van der Waals surface area contributed by atoms with Gasteiger partial charge in [-0.05, 0) is 103 Å². The van der Waals surface area contributed by atoms with Crippen LogP contribution in [0, 0.1) is 22.7 Å². The Morgan fingerprint density at radius 1 is 0.879 bits per heavy atom. The molecule has 8 heteroatoms. The van der Waals surface area contributed by atoms with Crippen molar-refractivity contribution in [3.05, 3.63) is 85.9 Å². The third-order valence-corrected chi connectivity index (χ3v) is 14.8. The highest BCUT2D eigenvalue weighted by Crippen LogP contribution is 2.67. The molecule has 2 aromatic carbocycles. The van der Waals surface area contributed by atoms with Crippen molar-refractivity contribution in [3.63, 3.8) is 0 Å². The van der Waals surface area contributed by atoms with Crippen LogP contribution in [0.25, 0.3) is 12.2 Å². The SMILES string of the molecule is CCCCCc1cc(C2CCCCC2)c(CCCCC)cc1C=Cc1ccc(O)c2c1C(C)[C@@]1(C)C(=C(O)[C@@]3(O)C(=O)C(C(C)=O)=C(O)C(C(C)C)[C@@]3(C)[C@@H]1O)C2=O. The number of hydrogen-bond donors (Lipinski definition) is 5. The van der Waals surface area contributed by atoms with E-state index in [4.69, 9.17) is 0 Å². The van der Waals surface area contributed by atoms with Gasteiger partial charge in [0.15, 0.2) is 17.2 Å². The summed E-state index contributed by atoms with van der Waals surface area (Å²) in [7, 11) is 0. The Bertz CT molecular complexity index is 2060. The van der Waals surface area contributed by atoms with Gasteiger partial charge >= 0.3 is 0 Å². The number of carbonyl (C=O) groups excluding carboxylic acids is 3. The number of phenols is 1. The van der Waals surface area contributed by atoms with Crippen LogP contribution >= 0.6 is 0 Å². The average molecular weight is 795 g/mol. The van der Waals surface area contributed by atoms with Crippen molar-refractivity contribution in [3.8, 4) is 5.75 Å². The van der Waals surface area contributed by atoms with E-state index in [1.165, 1.54) is 68.2 Å². The third kappa shape index (κ3) is 6.61. The van der Waals surface area contributed by atoms with E-state index in [0.29, 0.717) is 17.0 Å². The summed E-state index contributed by atoms with van der Waals surface area (Å²) >= 11 is 0. The maximum atomic E-state index is 14.8. The van der Waals surface area contributed by atoms with E-state index in [-0.39, 0.29) is 16.9 Å². The Morgan fingerprint density at radius 2 is 1.48 bits per heavy atom. The molecule has 1 saturated carbocycles. The smallest absolute Gasteiger partial charge is 0.209 e. The molecule has 6 rings (SSSR count). The van der Waals surface area contributed by atoms with Crippen LogP contribution in [-0.2, 0) is 22.4 Å². The van der Waals surface area contributed by atoms with Crippen LogP contribution in [0.4, 0.5) is 0 Å². The van der Waals surface area contributed by atoms with Gasteiger partial charge in [0.2, 0.25) is 5.78 Å². The normalized spacial score (nSPS) is 29.0. The van der Waals surface area contributed by atoms with Crippen molar-refractivity contribution in [2.24, 2.45) is 22.7 Å². The summed E-state index contributed by atoms with van der Waals surface area (Å²) in [6.45, 7) is 13.9. The minimum atomic E-state index is -2.92. The van der Waals surface area contributed by atoms with Gasteiger partial charge in [0.25, 0.3) is 0 Å². The number of hydrogen-bond acceptors (Lipinski definition) is 8. The molecule has 0 heterocycles. The van der Waals surface area contributed by atoms with Crippen LogP contribution in [0.15, 0.2) is 46.9 Å². The van der Waals surface area contributed by atoms with E-state index < -0.39 is 74.7 Å². The fourth-order valence-electron chi connectivity index (χ4n) is 11.6. The number of ketones is 3. The number of benzene rings is 2. The molecule has 0 aromatic heterocycles. The van der Waals surface area contributed by atoms with Crippen molar-refractivity contribution in [1.82, 2.24) is 0 Å².